The highest BCUT2D eigenvalue weighted by molar-refractivity contribution is 6.64. The van der Waals surface area contributed by atoms with E-state index in [1.165, 1.54) is 0 Å². The molecule has 4 rings (SSSR count). The fourth-order valence-electron chi connectivity index (χ4n) is 5.87. The minimum Gasteiger partial charge on any atom is -0.484 e. The van der Waals surface area contributed by atoms with Gasteiger partial charge in [0.2, 0.25) is 0 Å². The van der Waals surface area contributed by atoms with Gasteiger partial charge in [0.25, 0.3) is 21.0 Å². The molecule has 0 fully saturated rings. The summed E-state index contributed by atoms with van der Waals surface area (Å²) in [4.78, 5) is 46.9. The van der Waals surface area contributed by atoms with Crippen LogP contribution in [0.1, 0.15) is 55.6 Å². The van der Waals surface area contributed by atoms with E-state index < -0.39 is 21.0 Å². The van der Waals surface area contributed by atoms with E-state index >= 15 is 0 Å². The molecule has 0 amide bonds. The zero-order valence-electron chi connectivity index (χ0n) is 28.5. The van der Waals surface area contributed by atoms with Crippen LogP contribution < -0.4 is 18.9 Å². The Morgan fingerprint density at radius 3 is 1.00 bits per heavy atom. The summed E-state index contributed by atoms with van der Waals surface area (Å²) in [6.45, 7) is 6.40. The predicted octanol–water partition coefficient (Wildman–Crippen LogP) is 8.27. The number of hydrogen-bond acceptors (Lipinski definition) is 8. The first-order valence-electron chi connectivity index (χ1n) is 15.9. The molecule has 0 heterocycles. The Labute approximate surface area is 316 Å². The Balaban J connectivity index is 1.84. The molecule has 4 aromatic rings. The van der Waals surface area contributed by atoms with Gasteiger partial charge in [-0.2, -0.15) is 0 Å². The van der Waals surface area contributed by atoms with Crippen LogP contribution in [0.4, 0.5) is 0 Å². The van der Waals surface area contributed by atoms with E-state index in [-0.39, 0.29) is 32.8 Å². The molecule has 12 heteroatoms. The van der Waals surface area contributed by atoms with Crippen LogP contribution in [-0.4, -0.2) is 47.4 Å². The van der Waals surface area contributed by atoms with Crippen LogP contribution in [0, 0.1) is 27.7 Å². The maximum Gasteiger partial charge on any atom is 0.259 e. The first-order chi connectivity index (χ1) is 24.2. The molecule has 8 nitrogen and oxygen atoms in total. The normalized spacial score (nSPS) is 10.8. The summed E-state index contributed by atoms with van der Waals surface area (Å²) in [5, 5.41) is -2.62. The summed E-state index contributed by atoms with van der Waals surface area (Å²) in [7, 11) is 0. The summed E-state index contributed by atoms with van der Waals surface area (Å²) >= 11 is 22.6. The highest BCUT2D eigenvalue weighted by Crippen LogP contribution is 2.37. The van der Waals surface area contributed by atoms with Crippen molar-refractivity contribution in [2.24, 2.45) is 0 Å². The van der Waals surface area contributed by atoms with Gasteiger partial charge in [-0.1, -0.05) is 70.8 Å². The highest BCUT2D eigenvalue weighted by Gasteiger charge is 2.21. The van der Waals surface area contributed by atoms with Crippen molar-refractivity contribution in [3.8, 4) is 23.0 Å². The third kappa shape index (κ3) is 12.0. The van der Waals surface area contributed by atoms with Gasteiger partial charge in [0.1, 0.15) is 23.0 Å². The molecule has 0 bridgehead atoms. The van der Waals surface area contributed by atoms with Gasteiger partial charge in [-0.05, 0) is 120 Å². The predicted molar refractivity (Wildman–Crippen MR) is 199 cm³/mol. The van der Waals surface area contributed by atoms with E-state index in [2.05, 4.69) is 0 Å². The van der Waals surface area contributed by atoms with Crippen LogP contribution >= 0.6 is 46.4 Å². The minimum atomic E-state index is -0.679. The van der Waals surface area contributed by atoms with Crippen molar-refractivity contribution in [3.63, 3.8) is 0 Å². The van der Waals surface area contributed by atoms with Gasteiger partial charge < -0.3 is 18.9 Å². The van der Waals surface area contributed by atoms with Crippen molar-refractivity contribution in [1.29, 1.82) is 0 Å². The van der Waals surface area contributed by atoms with E-state index in [0.717, 1.165) is 55.6 Å². The average Bonchev–Trinajstić information content (AvgIpc) is 3.02. The largest absolute Gasteiger partial charge is 0.484 e. The zero-order chi connectivity index (χ0) is 37.2. The summed E-state index contributed by atoms with van der Waals surface area (Å²) < 4.78 is 23.6. The molecule has 268 valence electrons. The van der Waals surface area contributed by atoms with Crippen molar-refractivity contribution < 1.29 is 38.1 Å². The molecule has 0 unspecified atom stereocenters. The number of halogens is 4. The molecular formula is C39H36Cl4O8. The molecule has 0 N–H and O–H groups in total. The average molecular weight is 775 g/mol. The first kappa shape index (κ1) is 39.7. The molecule has 0 aliphatic heterocycles. The first-order valence-corrected chi connectivity index (χ1v) is 17.4. The lowest BCUT2D eigenvalue weighted by molar-refractivity contribution is -0.114. The van der Waals surface area contributed by atoms with Crippen LogP contribution in [0.3, 0.4) is 0 Å². The number of aryl methyl sites for hydroxylation is 4. The Hall–Kier alpha value is -4.08. The monoisotopic (exact) mass is 772 g/mol. The lowest BCUT2D eigenvalue weighted by atomic mass is 9.91. The van der Waals surface area contributed by atoms with Gasteiger partial charge in [-0.3, -0.25) is 19.2 Å². The summed E-state index contributed by atoms with van der Waals surface area (Å²) in [6.07, 6.45) is 0.938. The number of ether oxygens (including phenoxy) is 4. The smallest absolute Gasteiger partial charge is 0.259 e. The molecule has 0 saturated carbocycles. The second kappa shape index (κ2) is 18.4. The van der Waals surface area contributed by atoms with Gasteiger partial charge in [-0.25, -0.2) is 0 Å². The maximum atomic E-state index is 11.9. The minimum absolute atomic E-state index is 0.275. The molecule has 0 saturated heterocycles. The molecule has 0 aromatic heterocycles. The number of benzene rings is 4. The zero-order valence-corrected chi connectivity index (χ0v) is 31.5. The van der Waals surface area contributed by atoms with Gasteiger partial charge in [0.05, 0.1) is 0 Å². The second-order valence-corrected chi connectivity index (χ2v) is 13.8. The van der Waals surface area contributed by atoms with Crippen molar-refractivity contribution >= 4 is 67.4 Å². The summed E-state index contributed by atoms with van der Waals surface area (Å²) in [6, 6.07) is 19.0. The van der Waals surface area contributed by atoms with Gasteiger partial charge >= 0.3 is 0 Å². The van der Waals surface area contributed by atoms with Gasteiger partial charge in [-0.15, -0.1) is 0 Å². The fraction of sp³-hybridized carbons (Fsp3) is 0.282. The molecule has 0 aliphatic rings. The van der Waals surface area contributed by atoms with E-state index in [4.69, 9.17) is 65.4 Å². The van der Waals surface area contributed by atoms with Crippen LogP contribution in [0.2, 0.25) is 0 Å². The molecule has 51 heavy (non-hydrogen) atoms. The third-order valence-electron chi connectivity index (χ3n) is 7.69. The maximum absolute atomic E-state index is 11.9. The van der Waals surface area contributed by atoms with Crippen LogP contribution in [0.25, 0.3) is 0 Å². The van der Waals surface area contributed by atoms with E-state index in [0.29, 0.717) is 35.8 Å². The SMILES string of the molecule is Cc1ccc(OCC(=O)Cl)c(Cc2cc(C)cc(Cc3cc(C)cc(Cc4cc(C)ccc4OCC(=O)Cl)c3OCC(=O)Cl)c2OCC(=O)Cl)c1. The van der Waals surface area contributed by atoms with E-state index in [1.54, 1.807) is 12.1 Å². The van der Waals surface area contributed by atoms with Gasteiger partial charge in [0, 0.05) is 19.3 Å². The Morgan fingerprint density at radius 2 is 0.686 bits per heavy atom. The second-order valence-electron chi connectivity index (χ2n) is 12.2. The van der Waals surface area contributed by atoms with Crippen molar-refractivity contribution in [2.75, 3.05) is 26.4 Å². The Bertz CT molecular complexity index is 1820. The van der Waals surface area contributed by atoms with Crippen molar-refractivity contribution in [2.45, 2.75) is 47.0 Å². The number of carbonyl (C=O) groups is 4. The number of carbonyl (C=O) groups excluding carboxylic acids is 4. The van der Waals surface area contributed by atoms with Gasteiger partial charge in [0.15, 0.2) is 26.4 Å². The van der Waals surface area contributed by atoms with Crippen LogP contribution in [0.15, 0.2) is 60.7 Å². The van der Waals surface area contributed by atoms with Crippen LogP contribution in [-0.2, 0) is 38.4 Å². The molecular weight excluding hydrogens is 738 g/mol. The van der Waals surface area contributed by atoms with E-state index in [1.807, 2.05) is 76.2 Å². The standard InChI is InChI=1S/C39H36Cl4O8/c1-22-5-7-32(48-18-34(40)44)26(9-22)15-28-11-24(3)13-30(38(28)50-20-36(42)46)17-31-14-25(4)12-29(39(31)51-21-37(43)47)16-27-10-23(2)6-8-33(27)49-19-35(41)45/h5-14H,15-21H2,1-4H3. The summed E-state index contributed by atoms with van der Waals surface area (Å²) in [5.41, 5.74) is 8.28. The van der Waals surface area contributed by atoms with E-state index in [9.17, 15) is 19.2 Å². The lowest BCUT2D eigenvalue weighted by Crippen LogP contribution is -2.12. The fourth-order valence-corrected chi connectivity index (χ4v) is 6.09. The van der Waals surface area contributed by atoms with Crippen molar-refractivity contribution in [3.05, 3.63) is 116 Å². The topological polar surface area (TPSA) is 105 Å². The highest BCUT2D eigenvalue weighted by atomic mass is 35.5. The van der Waals surface area contributed by atoms with Crippen LogP contribution in [0.5, 0.6) is 23.0 Å². The van der Waals surface area contributed by atoms with Crippen molar-refractivity contribution in [1.82, 2.24) is 0 Å². The molecule has 0 radical (unpaired) electrons. The molecule has 0 aliphatic carbocycles. The third-order valence-corrected chi connectivity index (χ3v) is 8.13. The molecule has 4 aromatic carbocycles. The molecule has 0 atom stereocenters. The number of rotatable bonds is 18. The Kier molecular flexibility index (Phi) is 14.3. The quantitative estimate of drug-likeness (QED) is 0.0932. The molecule has 0 spiro atoms. The lowest BCUT2D eigenvalue weighted by Gasteiger charge is -2.21. The Morgan fingerprint density at radius 1 is 0.412 bits per heavy atom. The summed E-state index contributed by atoms with van der Waals surface area (Å²) in [5.74, 6) is 1.85. The number of hydrogen-bond donors (Lipinski definition) is 0.